The van der Waals surface area contributed by atoms with Crippen molar-refractivity contribution in [3.8, 4) is 5.69 Å². The first-order valence-corrected chi connectivity index (χ1v) is 5.74. The van der Waals surface area contributed by atoms with E-state index in [4.69, 9.17) is 11.5 Å². The summed E-state index contributed by atoms with van der Waals surface area (Å²) in [6.45, 7) is 3.17. The Hall–Kier alpha value is -2.37. The molecule has 2 rings (SSSR count). The number of carbonyl (C=O) groups excluding carboxylic acids is 1. The highest BCUT2D eigenvalue weighted by Gasteiger charge is 2.30. The number of nitrogens with two attached hydrogens (primary N) is 2. The minimum absolute atomic E-state index is 0.254. The Bertz CT molecular complexity index is 633. The van der Waals surface area contributed by atoms with Crippen LogP contribution in [0.5, 0.6) is 0 Å². The molecule has 1 aromatic carbocycles. The van der Waals surface area contributed by atoms with Gasteiger partial charge in [0.1, 0.15) is 11.6 Å². The molecular formula is C13H15FN4O. The van der Waals surface area contributed by atoms with Gasteiger partial charge in [-0.15, -0.1) is 0 Å². The van der Waals surface area contributed by atoms with Crippen LogP contribution in [-0.4, -0.2) is 15.7 Å². The van der Waals surface area contributed by atoms with Gasteiger partial charge in [0.2, 0.25) is 5.91 Å². The van der Waals surface area contributed by atoms with Crippen LogP contribution in [0.1, 0.15) is 19.4 Å². The standard InChI is InChI=1S/C13H15FN4O/c1-13(2,12(16)19)9-4-3-8(7-10(9)14)18-6-5-11(15)17-18/h3-7H,1-2H3,(H2,15,17)(H2,16,19). The number of anilines is 1. The van der Waals surface area contributed by atoms with Gasteiger partial charge in [-0.05, 0) is 26.0 Å². The largest absolute Gasteiger partial charge is 0.382 e. The van der Waals surface area contributed by atoms with Crippen molar-refractivity contribution in [1.82, 2.24) is 9.78 Å². The van der Waals surface area contributed by atoms with Crippen LogP contribution in [0, 0.1) is 5.82 Å². The van der Waals surface area contributed by atoms with Gasteiger partial charge in [0, 0.05) is 17.8 Å². The van der Waals surface area contributed by atoms with Crippen molar-refractivity contribution in [3.05, 3.63) is 41.8 Å². The lowest BCUT2D eigenvalue weighted by atomic mass is 9.83. The maximum Gasteiger partial charge on any atom is 0.227 e. The molecule has 0 atom stereocenters. The molecule has 0 spiro atoms. The van der Waals surface area contributed by atoms with E-state index in [0.29, 0.717) is 11.5 Å². The third-order valence-electron chi connectivity index (χ3n) is 3.12. The second-order valence-corrected chi connectivity index (χ2v) is 4.84. The lowest BCUT2D eigenvalue weighted by Crippen LogP contribution is -2.36. The number of rotatable bonds is 3. The average molecular weight is 262 g/mol. The SMILES string of the molecule is CC(C)(C(N)=O)c1ccc(-n2ccc(N)n2)cc1F. The molecule has 0 aliphatic carbocycles. The smallest absolute Gasteiger partial charge is 0.227 e. The summed E-state index contributed by atoms with van der Waals surface area (Å²) in [6, 6.07) is 6.11. The Kier molecular flexibility index (Phi) is 3.01. The van der Waals surface area contributed by atoms with E-state index in [1.54, 1.807) is 32.2 Å². The molecule has 0 aliphatic rings. The topological polar surface area (TPSA) is 86.9 Å². The molecule has 5 nitrogen and oxygen atoms in total. The third kappa shape index (κ3) is 2.29. The molecule has 19 heavy (non-hydrogen) atoms. The van der Waals surface area contributed by atoms with E-state index < -0.39 is 17.1 Å². The van der Waals surface area contributed by atoms with Gasteiger partial charge >= 0.3 is 0 Å². The van der Waals surface area contributed by atoms with Gasteiger partial charge in [-0.1, -0.05) is 6.07 Å². The lowest BCUT2D eigenvalue weighted by Gasteiger charge is -2.21. The van der Waals surface area contributed by atoms with E-state index >= 15 is 0 Å². The summed E-state index contributed by atoms with van der Waals surface area (Å²) < 4.78 is 15.6. The van der Waals surface area contributed by atoms with E-state index in [-0.39, 0.29) is 5.56 Å². The highest BCUT2D eigenvalue weighted by atomic mass is 19.1. The Balaban J connectivity index is 2.46. The molecule has 1 amide bonds. The normalized spacial score (nSPS) is 11.5. The zero-order valence-electron chi connectivity index (χ0n) is 10.7. The Morgan fingerprint density at radius 2 is 2.05 bits per heavy atom. The predicted octanol–water partition coefficient (Wildman–Crippen LogP) is 1.36. The monoisotopic (exact) mass is 262 g/mol. The predicted molar refractivity (Wildman–Crippen MR) is 70.2 cm³/mol. The first-order chi connectivity index (χ1) is 8.82. The quantitative estimate of drug-likeness (QED) is 0.875. The van der Waals surface area contributed by atoms with E-state index in [1.807, 2.05) is 0 Å². The van der Waals surface area contributed by atoms with Gasteiger partial charge in [-0.2, -0.15) is 5.10 Å². The molecule has 0 unspecified atom stereocenters. The van der Waals surface area contributed by atoms with Crippen molar-refractivity contribution < 1.29 is 9.18 Å². The highest BCUT2D eigenvalue weighted by molar-refractivity contribution is 5.85. The maximum atomic E-state index is 14.1. The number of hydrogen-bond acceptors (Lipinski definition) is 3. The summed E-state index contributed by atoms with van der Waals surface area (Å²) in [5.41, 5.74) is 10.5. The average Bonchev–Trinajstić information content (AvgIpc) is 2.75. The second-order valence-electron chi connectivity index (χ2n) is 4.84. The number of benzene rings is 1. The summed E-state index contributed by atoms with van der Waals surface area (Å²) in [6.07, 6.45) is 1.63. The van der Waals surface area contributed by atoms with Gasteiger partial charge in [-0.3, -0.25) is 4.79 Å². The third-order valence-corrected chi connectivity index (χ3v) is 3.12. The van der Waals surface area contributed by atoms with Gasteiger partial charge in [-0.25, -0.2) is 9.07 Å². The zero-order chi connectivity index (χ0) is 14.2. The molecule has 0 fully saturated rings. The minimum atomic E-state index is -1.06. The summed E-state index contributed by atoms with van der Waals surface area (Å²) in [5.74, 6) is -0.736. The molecule has 6 heteroatoms. The number of aromatic nitrogens is 2. The molecule has 1 heterocycles. The minimum Gasteiger partial charge on any atom is -0.382 e. The first-order valence-electron chi connectivity index (χ1n) is 5.74. The molecule has 0 aliphatic heterocycles. The fraction of sp³-hybridized carbons (Fsp3) is 0.231. The highest BCUT2D eigenvalue weighted by Crippen LogP contribution is 2.27. The molecule has 0 saturated carbocycles. The van der Waals surface area contributed by atoms with Crippen molar-refractivity contribution in [1.29, 1.82) is 0 Å². The van der Waals surface area contributed by atoms with Crippen molar-refractivity contribution in [2.24, 2.45) is 5.73 Å². The zero-order valence-corrected chi connectivity index (χ0v) is 10.7. The second kappa shape index (κ2) is 4.38. The van der Waals surface area contributed by atoms with E-state index in [1.165, 1.54) is 16.8 Å². The fourth-order valence-corrected chi connectivity index (χ4v) is 1.77. The van der Waals surface area contributed by atoms with Crippen LogP contribution in [0.25, 0.3) is 5.69 Å². The fourth-order valence-electron chi connectivity index (χ4n) is 1.77. The van der Waals surface area contributed by atoms with Gasteiger partial charge in [0.25, 0.3) is 0 Å². The van der Waals surface area contributed by atoms with Crippen LogP contribution in [0.15, 0.2) is 30.5 Å². The van der Waals surface area contributed by atoms with Crippen molar-refractivity contribution in [2.45, 2.75) is 19.3 Å². The summed E-state index contributed by atoms with van der Waals surface area (Å²) in [5, 5.41) is 3.99. The summed E-state index contributed by atoms with van der Waals surface area (Å²) in [4.78, 5) is 11.4. The van der Waals surface area contributed by atoms with Gasteiger partial charge in [0.05, 0.1) is 11.1 Å². The molecule has 0 radical (unpaired) electrons. The molecule has 2 aromatic rings. The number of nitrogens with zero attached hydrogens (tertiary/aromatic N) is 2. The number of primary amides is 1. The van der Waals surface area contributed by atoms with E-state index in [9.17, 15) is 9.18 Å². The number of carbonyl (C=O) groups is 1. The number of nitrogen functional groups attached to an aromatic ring is 1. The first kappa shape index (κ1) is 13.1. The number of halogens is 1. The number of amides is 1. The van der Waals surface area contributed by atoms with E-state index in [0.717, 1.165) is 0 Å². The van der Waals surface area contributed by atoms with Crippen LogP contribution in [0.2, 0.25) is 0 Å². The number of hydrogen-bond donors (Lipinski definition) is 2. The van der Waals surface area contributed by atoms with Crippen molar-refractivity contribution in [2.75, 3.05) is 5.73 Å². The lowest BCUT2D eigenvalue weighted by molar-refractivity contribution is -0.122. The van der Waals surface area contributed by atoms with Crippen LogP contribution in [-0.2, 0) is 10.2 Å². The van der Waals surface area contributed by atoms with Crippen LogP contribution < -0.4 is 11.5 Å². The van der Waals surface area contributed by atoms with Crippen molar-refractivity contribution >= 4 is 11.7 Å². The van der Waals surface area contributed by atoms with E-state index in [2.05, 4.69) is 5.10 Å². The van der Waals surface area contributed by atoms with Crippen LogP contribution in [0.4, 0.5) is 10.2 Å². The maximum absolute atomic E-state index is 14.1. The summed E-state index contributed by atoms with van der Waals surface area (Å²) in [7, 11) is 0. The van der Waals surface area contributed by atoms with Gasteiger partial charge < -0.3 is 11.5 Å². The molecule has 1 aromatic heterocycles. The van der Waals surface area contributed by atoms with Gasteiger partial charge in [0.15, 0.2) is 0 Å². The Morgan fingerprint density at radius 3 is 2.53 bits per heavy atom. The molecule has 0 bridgehead atoms. The molecule has 0 saturated heterocycles. The van der Waals surface area contributed by atoms with Crippen molar-refractivity contribution in [3.63, 3.8) is 0 Å². The Labute approximate surface area is 110 Å². The van der Waals surface area contributed by atoms with Crippen LogP contribution >= 0.6 is 0 Å². The summed E-state index contributed by atoms with van der Waals surface area (Å²) >= 11 is 0. The molecule has 100 valence electrons. The Morgan fingerprint density at radius 1 is 1.37 bits per heavy atom. The molecule has 4 N–H and O–H groups in total. The molecular weight excluding hydrogens is 247 g/mol. The van der Waals surface area contributed by atoms with Crippen LogP contribution in [0.3, 0.4) is 0 Å².